The second-order valence-electron chi connectivity index (χ2n) is 9.07. The number of benzene rings is 2. The molecule has 1 saturated carbocycles. The smallest absolute Gasteiger partial charge is 0.125 e. The van der Waals surface area contributed by atoms with Gasteiger partial charge in [-0.2, -0.15) is 0 Å². The van der Waals surface area contributed by atoms with E-state index >= 15 is 0 Å². The van der Waals surface area contributed by atoms with Gasteiger partial charge in [-0.05, 0) is 66.1 Å². The lowest BCUT2D eigenvalue weighted by molar-refractivity contribution is 0.0708. The molecule has 2 unspecified atom stereocenters. The fourth-order valence-electron chi connectivity index (χ4n) is 5.09. The van der Waals surface area contributed by atoms with Crippen molar-refractivity contribution in [2.75, 3.05) is 26.2 Å². The van der Waals surface area contributed by atoms with Crippen molar-refractivity contribution in [2.45, 2.75) is 32.0 Å². The molecule has 1 aliphatic heterocycles. The highest BCUT2D eigenvalue weighted by Gasteiger charge is 2.40. The molecule has 2 heterocycles. The first-order chi connectivity index (χ1) is 15.0. The molecule has 2 aromatic carbocycles. The molecule has 0 amide bonds. The molecule has 6 heteroatoms. The quantitative estimate of drug-likeness (QED) is 0.639. The number of nitrogens with zero attached hydrogens (tertiary/aromatic N) is 3. The third-order valence-corrected chi connectivity index (χ3v) is 6.64. The first-order valence-corrected chi connectivity index (χ1v) is 11.1. The number of hydrogen-bond acceptors (Lipinski definition) is 6. The Labute approximate surface area is 182 Å². The number of likely N-dealkylation sites (tertiary alicyclic amines) is 1. The third kappa shape index (κ3) is 4.56. The van der Waals surface area contributed by atoms with Crippen molar-refractivity contribution in [3.05, 3.63) is 54.6 Å². The lowest BCUT2D eigenvalue weighted by atomic mass is 10.0. The van der Waals surface area contributed by atoms with Crippen LogP contribution in [0, 0.1) is 18.8 Å². The van der Waals surface area contributed by atoms with Gasteiger partial charge in [-0.25, -0.2) is 9.97 Å². The Morgan fingerprint density at radius 2 is 1.68 bits per heavy atom. The molecule has 2 N–H and O–H groups in total. The molecule has 4 atom stereocenters. The molecular formula is C25H29N3O3. The van der Waals surface area contributed by atoms with E-state index < -0.39 is 6.10 Å². The summed E-state index contributed by atoms with van der Waals surface area (Å²) >= 11 is 0. The van der Waals surface area contributed by atoms with Crippen LogP contribution in [-0.2, 0) is 0 Å². The monoisotopic (exact) mass is 419 g/mol. The maximum absolute atomic E-state index is 10.5. The van der Waals surface area contributed by atoms with Crippen molar-refractivity contribution in [1.29, 1.82) is 0 Å². The van der Waals surface area contributed by atoms with Gasteiger partial charge in [0.2, 0.25) is 0 Å². The minimum atomic E-state index is -0.525. The SMILES string of the molecule is Cc1ncc(-c2ccc3cc(OCC(O)CN4C[C@H]5CC(O)C[C@H]5C4)ccc3c2)cn1. The van der Waals surface area contributed by atoms with Crippen LogP contribution < -0.4 is 4.74 Å². The van der Waals surface area contributed by atoms with E-state index in [-0.39, 0.29) is 12.7 Å². The zero-order valence-electron chi connectivity index (χ0n) is 17.8. The van der Waals surface area contributed by atoms with Gasteiger partial charge in [-0.15, -0.1) is 0 Å². The second kappa shape index (κ2) is 8.54. The molecule has 1 aromatic heterocycles. The molecule has 1 aliphatic carbocycles. The van der Waals surface area contributed by atoms with Crippen molar-refractivity contribution in [3.8, 4) is 16.9 Å². The van der Waals surface area contributed by atoms with Crippen LogP contribution in [-0.4, -0.2) is 63.5 Å². The summed E-state index contributed by atoms with van der Waals surface area (Å²) < 4.78 is 5.89. The predicted molar refractivity (Wildman–Crippen MR) is 120 cm³/mol. The highest BCUT2D eigenvalue weighted by Crippen LogP contribution is 2.38. The minimum absolute atomic E-state index is 0.125. The van der Waals surface area contributed by atoms with Crippen molar-refractivity contribution in [3.63, 3.8) is 0 Å². The van der Waals surface area contributed by atoms with Crippen LogP contribution in [0.3, 0.4) is 0 Å². The minimum Gasteiger partial charge on any atom is -0.491 e. The van der Waals surface area contributed by atoms with Gasteiger partial charge in [0.15, 0.2) is 0 Å². The van der Waals surface area contributed by atoms with Crippen molar-refractivity contribution < 1.29 is 14.9 Å². The lowest BCUT2D eigenvalue weighted by Gasteiger charge is -2.21. The van der Waals surface area contributed by atoms with Crippen LogP contribution in [0.5, 0.6) is 5.75 Å². The second-order valence-corrected chi connectivity index (χ2v) is 9.07. The van der Waals surface area contributed by atoms with Gasteiger partial charge < -0.3 is 19.8 Å². The van der Waals surface area contributed by atoms with Gasteiger partial charge in [0.25, 0.3) is 0 Å². The number of aliphatic hydroxyl groups excluding tert-OH is 2. The van der Waals surface area contributed by atoms with Crippen molar-refractivity contribution >= 4 is 10.8 Å². The molecule has 2 aliphatic rings. The van der Waals surface area contributed by atoms with Crippen molar-refractivity contribution in [1.82, 2.24) is 14.9 Å². The maximum atomic E-state index is 10.5. The normalized spacial score (nSPS) is 24.4. The molecule has 0 bridgehead atoms. The average Bonchev–Trinajstić information content (AvgIpc) is 3.28. The number of aromatic nitrogens is 2. The zero-order chi connectivity index (χ0) is 21.4. The Morgan fingerprint density at radius 1 is 1.00 bits per heavy atom. The lowest BCUT2D eigenvalue weighted by Crippen LogP contribution is -2.35. The average molecular weight is 420 g/mol. The van der Waals surface area contributed by atoms with Crippen LogP contribution in [0.2, 0.25) is 0 Å². The number of hydrogen-bond donors (Lipinski definition) is 2. The molecule has 0 spiro atoms. The predicted octanol–water partition coefficient (Wildman–Crippen LogP) is 3.05. The van der Waals surface area contributed by atoms with Crippen LogP contribution in [0.15, 0.2) is 48.8 Å². The summed E-state index contributed by atoms with van der Waals surface area (Å²) in [6.45, 7) is 4.73. The van der Waals surface area contributed by atoms with E-state index in [1.165, 1.54) is 0 Å². The van der Waals surface area contributed by atoms with Crippen LogP contribution in [0.25, 0.3) is 21.9 Å². The molecule has 5 rings (SSSR count). The topological polar surface area (TPSA) is 78.7 Å². The summed E-state index contributed by atoms with van der Waals surface area (Å²) in [6, 6.07) is 12.3. The van der Waals surface area contributed by atoms with Crippen LogP contribution in [0.1, 0.15) is 18.7 Å². The Bertz CT molecular complexity index is 1040. The van der Waals surface area contributed by atoms with E-state index in [4.69, 9.17) is 4.74 Å². The van der Waals surface area contributed by atoms with E-state index in [0.29, 0.717) is 18.4 Å². The number of aliphatic hydroxyl groups is 2. The van der Waals surface area contributed by atoms with Crippen LogP contribution >= 0.6 is 0 Å². The fourth-order valence-corrected chi connectivity index (χ4v) is 5.09. The highest BCUT2D eigenvalue weighted by molar-refractivity contribution is 5.88. The van der Waals surface area contributed by atoms with Crippen LogP contribution in [0.4, 0.5) is 0 Å². The van der Waals surface area contributed by atoms with Gasteiger partial charge in [0, 0.05) is 37.6 Å². The Balaban J connectivity index is 1.18. The van der Waals surface area contributed by atoms with Gasteiger partial charge in [0.1, 0.15) is 24.3 Å². The molecule has 3 aromatic rings. The Hall–Kier alpha value is -2.54. The van der Waals surface area contributed by atoms with Gasteiger partial charge >= 0.3 is 0 Å². The number of fused-ring (bicyclic) bond motifs is 2. The third-order valence-electron chi connectivity index (χ3n) is 6.64. The molecular weight excluding hydrogens is 390 g/mol. The molecule has 6 nitrogen and oxygen atoms in total. The first kappa shape index (κ1) is 20.4. The molecule has 2 fully saturated rings. The summed E-state index contributed by atoms with van der Waals surface area (Å²) in [7, 11) is 0. The van der Waals surface area contributed by atoms with E-state index in [1.807, 2.05) is 37.5 Å². The number of aryl methyl sites for hydroxylation is 1. The van der Waals surface area contributed by atoms with E-state index in [2.05, 4.69) is 33.1 Å². The van der Waals surface area contributed by atoms with E-state index in [1.54, 1.807) is 0 Å². The number of ether oxygens (including phenoxy) is 1. The largest absolute Gasteiger partial charge is 0.491 e. The van der Waals surface area contributed by atoms with Crippen molar-refractivity contribution in [2.24, 2.45) is 11.8 Å². The number of rotatable bonds is 6. The van der Waals surface area contributed by atoms with Gasteiger partial charge in [0.05, 0.1) is 6.10 Å². The summed E-state index contributed by atoms with van der Waals surface area (Å²) in [6.07, 6.45) is 4.85. The molecule has 31 heavy (non-hydrogen) atoms. The van der Waals surface area contributed by atoms with Gasteiger partial charge in [-0.3, -0.25) is 0 Å². The molecule has 0 radical (unpaired) electrons. The highest BCUT2D eigenvalue weighted by atomic mass is 16.5. The summed E-state index contributed by atoms with van der Waals surface area (Å²) in [5.41, 5.74) is 2.08. The van der Waals surface area contributed by atoms with E-state index in [9.17, 15) is 10.2 Å². The molecule has 1 saturated heterocycles. The van der Waals surface area contributed by atoms with E-state index in [0.717, 1.165) is 59.4 Å². The Kier molecular flexibility index (Phi) is 5.61. The number of β-amino-alcohol motifs (C(OH)–C–C–N with tert-alkyl or cyclic N) is 1. The Morgan fingerprint density at radius 3 is 2.42 bits per heavy atom. The summed E-state index contributed by atoms with van der Waals surface area (Å²) in [4.78, 5) is 10.9. The summed E-state index contributed by atoms with van der Waals surface area (Å²) in [5, 5.41) is 22.4. The fraction of sp³-hybridized carbons (Fsp3) is 0.440. The van der Waals surface area contributed by atoms with Gasteiger partial charge in [-0.1, -0.05) is 18.2 Å². The maximum Gasteiger partial charge on any atom is 0.125 e. The summed E-state index contributed by atoms with van der Waals surface area (Å²) in [5.74, 6) is 2.69. The standard InChI is InChI=1S/C25H29N3O3/c1-16-26-10-22(11-27-16)18-2-3-19-9-25(5-4-17(19)6-18)31-15-24(30)14-28-12-20-7-23(29)8-21(20)13-28/h2-6,9-11,20-21,23-24,29-30H,7-8,12-15H2,1H3/t20-,21+,23?,24?. The first-order valence-electron chi connectivity index (χ1n) is 11.1. The molecule has 162 valence electrons. The zero-order valence-corrected chi connectivity index (χ0v) is 17.8.